The third-order valence-electron chi connectivity index (χ3n) is 8.10. The van der Waals surface area contributed by atoms with Gasteiger partial charge in [-0.3, -0.25) is 14.5 Å². The molecule has 0 unspecified atom stereocenters. The minimum absolute atomic E-state index is 0.196. The van der Waals surface area contributed by atoms with E-state index < -0.39 is 11.8 Å². The van der Waals surface area contributed by atoms with Crippen LogP contribution in [0.25, 0.3) is 5.65 Å². The molecule has 0 saturated carbocycles. The number of carbonyl (C=O) groups excluding carboxylic acids is 2. The van der Waals surface area contributed by atoms with Crippen LogP contribution in [0.5, 0.6) is 0 Å². The number of fused-ring (bicyclic) bond motifs is 2. The number of carbonyl (C=O) groups is 2. The molecule has 3 aliphatic rings. The van der Waals surface area contributed by atoms with Gasteiger partial charge in [-0.25, -0.2) is 13.9 Å². The zero-order chi connectivity index (χ0) is 28.0. The highest BCUT2D eigenvalue weighted by Gasteiger charge is 2.36. The van der Waals surface area contributed by atoms with Gasteiger partial charge in [0.1, 0.15) is 11.7 Å². The molecule has 40 heavy (non-hydrogen) atoms. The predicted octanol–water partition coefficient (Wildman–Crippen LogP) is 1.96. The van der Waals surface area contributed by atoms with Crippen LogP contribution in [0.4, 0.5) is 15.8 Å². The fraction of sp³-hybridized carbons (Fsp3) is 0.500. The number of nitrogens with one attached hydrogen (secondary N) is 1. The lowest BCUT2D eigenvalue weighted by molar-refractivity contribution is -0.0159. The van der Waals surface area contributed by atoms with E-state index in [1.54, 1.807) is 18.5 Å². The van der Waals surface area contributed by atoms with Gasteiger partial charge in [0.15, 0.2) is 5.65 Å². The van der Waals surface area contributed by atoms with Crippen molar-refractivity contribution in [3.05, 3.63) is 53.5 Å². The highest BCUT2D eigenvalue weighted by Crippen LogP contribution is 2.36. The number of hydrogen-bond donors (Lipinski definition) is 2. The zero-order valence-electron chi connectivity index (χ0n) is 22.7. The third kappa shape index (κ3) is 5.02. The monoisotopic (exact) mass is 551 g/mol. The number of aromatic nitrogens is 3. The number of halogens is 1. The fourth-order valence-corrected chi connectivity index (χ4v) is 5.65. The van der Waals surface area contributed by atoms with Crippen molar-refractivity contribution < 1.29 is 23.8 Å². The van der Waals surface area contributed by atoms with Crippen LogP contribution in [-0.2, 0) is 11.3 Å². The third-order valence-corrected chi connectivity index (χ3v) is 8.10. The quantitative estimate of drug-likeness (QED) is 0.458. The smallest absolute Gasteiger partial charge is 0.261 e. The molecule has 2 saturated heterocycles. The number of piperazine rings is 1. The van der Waals surface area contributed by atoms with Gasteiger partial charge in [0.05, 0.1) is 36.3 Å². The van der Waals surface area contributed by atoms with E-state index in [-0.39, 0.29) is 24.9 Å². The van der Waals surface area contributed by atoms with Crippen molar-refractivity contribution >= 4 is 28.8 Å². The van der Waals surface area contributed by atoms with E-state index in [1.807, 2.05) is 12.1 Å². The molecule has 12 heteroatoms. The number of amides is 2. The summed E-state index contributed by atoms with van der Waals surface area (Å²) in [6, 6.07) is 5.78. The Morgan fingerprint density at radius 1 is 1.27 bits per heavy atom. The molecular formula is C28H34FN7O4. The number of rotatable bonds is 7. The average Bonchev–Trinajstić information content (AvgIpc) is 3.68. The number of ether oxygens (including phenoxy) is 1. The summed E-state index contributed by atoms with van der Waals surface area (Å²) in [5.41, 5.74) is 1.72. The Balaban J connectivity index is 1.29. The summed E-state index contributed by atoms with van der Waals surface area (Å²) >= 11 is 0. The molecule has 2 fully saturated rings. The maximum atomic E-state index is 14.7. The van der Waals surface area contributed by atoms with E-state index in [0.29, 0.717) is 34.1 Å². The lowest BCUT2D eigenvalue weighted by Crippen LogP contribution is -2.50. The minimum Gasteiger partial charge on any atom is -0.387 e. The Hall–Kier alpha value is -3.61. The molecule has 2 amide bonds. The van der Waals surface area contributed by atoms with Crippen molar-refractivity contribution in [2.45, 2.75) is 44.6 Å². The number of aliphatic hydroxyl groups is 1. The van der Waals surface area contributed by atoms with Crippen LogP contribution in [0.3, 0.4) is 0 Å². The molecule has 1 aromatic carbocycles. The SMILES string of the molecule is CC(C)(O)[C@H](F)CN1Cc2cc(NC(=O)c3cnn4cccnc34)c(N3CCN([C@@H]4CCOC4)CC3)cc2C1=O. The summed E-state index contributed by atoms with van der Waals surface area (Å²) in [6.07, 6.45) is 4.24. The Morgan fingerprint density at radius 2 is 2.08 bits per heavy atom. The van der Waals surface area contributed by atoms with E-state index in [2.05, 4.69) is 25.2 Å². The van der Waals surface area contributed by atoms with Gasteiger partial charge in [0.25, 0.3) is 11.8 Å². The molecule has 6 rings (SSSR count). The normalized spacial score (nSPS) is 20.8. The molecule has 3 aliphatic heterocycles. The van der Waals surface area contributed by atoms with Gasteiger partial charge in [-0.05, 0) is 44.0 Å². The van der Waals surface area contributed by atoms with Crippen LogP contribution < -0.4 is 10.2 Å². The number of hydrogen-bond acceptors (Lipinski definition) is 8. The summed E-state index contributed by atoms with van der Waals surface area (Å²) < 4.78 is 21.8. The van der Waals surface area contributed by atoms with Gasteiger partial charge < -0.3 is 25.0 Å². The standard InChI is InChI=1S/C28H34FN7O4/c1-28(2,39)24(29)16-35-15-18-12-22(32-26(37)21-14-31-36-6-3-5-30-25(21)36)23(13-20(18)27(35)38)34-9-7-33(8-10-34)19-4-11-40-17-19/h3,5-6,12-14,19,24,39H,4,7-11,15-17H2,1-2H3,(H,32,37)/t19-,24-/m1/s1. The highest BCUT2D eigenvalue weighted by molar-refractivity contribution is 6.10. The van der Waals surface area contributed by atoms with Gasteiger partial charge in [-0.15, -0.1) is 0 Å². The number of anilines is 2. The molecule has 2 aromatic heterocycles. The molecule has 2 atom stereocenters. The van der Waals surface area contributed by atoms with E-state index in [0.717, 1.165) is 51.5 Å². The first-order valence-electron chi connectivity index (χ1n) is 13.7. The molecule has 2 N–H and O–H groups in total. The van der Waals surface area contributed by atoms with E-state index in [9.17, 15) is 19.1 Å². The molecule has 11 nitrogen and oxygen atoms in total. The molecule has 212 valence electrons. The van der Waals surface area contributed by atoms with Crippen molar-refractivity contribution in [2.75, 3.05) is 56.2 Å². The first-order chi connectivity index (χ1) is 19.2. The van der Waals surface area contributed by atoms with Crippen molar-refractivity contribution in [2.24, 2.45) is 0 Å². The lowest BCUT2D eigenvalue weighted by Gasteiger charge is -2.39. The average molecular weight is 552 g/mol. The van der Waals surface area contributed by atoms with Gasteiger partial charge in [0.2, 0.25) is 0 Å². The van der Waals surface area contributed by atoms with Crippen molar-refractivity contribution in [3.8, 4) is 0 Å². The minimum atomic E-state index is -1.60. The number of benzene rings is 1. The van der Waals surface area contributed by atoms with Crippen molar-refractivity contribution in [1.82, 2.24) is 24.4 Å². The van der Waals surface area contributed by atoms with Gasteiger partial charge in [-0.1, -0.05) is 0 Å². The van der Waals surface area contributed by atoms with Gasteiger partial charge in [-0.2, -0.15) is 5.10 Å². The van der Waals surface area contributed by atoms with E-state index in [1.165, 1.54) is 29.5 Å². The second-order valence-electron chi connectivity index (χ2n) is 11.3. The van der Waals surface area contributed by atoms with Crippen molar-refractivity contribution in [1.29, 1.82) is 0 Å². The first kappa shape index (κ1) is 26.6. The molecule has 5 heterocycles. The second-order valence-corrected chi connectivity index (χ2v) is 11.3. The predicted molar refractivity (Wildman–Crippen MR) is 146 cm³/mol. The largest absolute Gasteiger partial charge is 0.387 e. The molecule has 0 bridgehead atoms. The Kier molecular flexibility index (Phi) is 6.93. The van der Waals surface area contributed by atoms with E-state index >= 15 is 0 Å². The van der Waals surface area contributed by atoms with Crippen LogP contribution >= 0.6 is 0 Å². The maximum absolute atomic E-state index is 14.7. The van der Waals surface area contributed by atoms with Crippen LogP contribution in [0.15, 0.2) is 36.8 Å². The molecule has 3 aromatic rings. The fourth-order valence-electron chi connectivity index (χ4n) is 5.65. The van der Waals surface area contributed by atoms with Gasteiger partial charge in [0, 0.05) is 63.3 Å². The zero-order valence-corrected chi connectivity index (χ0v) is 22.7. The molecule has 0 aliphatic carbocycles. The Labute approximate surface area is 231 Å². The maximum Gasteiger partial charge on any atom is 0.261 e. The number of nitrogens with zero attached hydrogens (tertiary/aromatic N) is 6. The summed E-state index contributed by atoms with van der Waals surface area (Å²) in [5.74, 6) is -0.640. The summed E-state index contributed by atoms with van der Waals surface area (Å²) in [6.45, 7) is 7.42. The summed E-state index contributed by atoms with van der Waals surface area (Å²) in [7, 11) is 0. The lowest BCUT2D eigenvalue weighted by atomic mass is 10.0. The van der Waals surface area contributed by atoms with Crippen LogP contribution in [0.1, 0.15) is 46.5 Å². The second kappa shape index (κ2) is 10.4. The number of alkyl halides is 1. The topological polar surface area (TPSA) is 116 Å². The highest BCUT2D eigenvalue weighted by atomic mass is 19.1. The van der Waals surface area contributed by atoms with Crippen molar-refractivity contribution in [3.63, 3.8) is 0 Å². The Bertz CT molecular complexity index is 1420. The summed E-state index contributed by atoms with van der Waals surface area (Å²) in [4.78, 5) is 37.1. The molecular weight excluding hydrogens is 517 g/mol. The summed E-state index contributed by atoms with van der Waals surface area (Å²) in [5, 5.41) is 17.3. The Morgan fingerprint density at radius 3 is 2.80 bits per heavy atom. The van der Waals surface area contributed by atoms with Crippen LogP contribution in [0.2, 0.25) is 0 Å². The first-order valence-corrected chi connectivity index (χ1v) is 13.7. The molecule has 0 radical (unpaired) electrons. The molecule has 0 spiro atoms. The van der Waals surface area contributed by atoms with Crippen LogP contribution in [-0.4, -0.2) is 105 Å². The van der Waals surface area contributed by atoms with Crippen LogP contribution in [0, 0.1) is 0 Å². The van der Waals surface area contributed by atoms with E-state index in [4.69, 9.17) is 4.74 Å². The van der Waals surface area contributed by atoms with Gasteiger partial charge >= 0.3 is 0 Å².